The fourth-order valence-corrected chi connectivity index (χ4v) is 2.05. The molecule has 0 atom stereocenters. The molecule has 0 amide bonds. The van der Waals surface area contributed by atoms with Crippen LogP contribution in [0, 0.1) is 0 Å². The number of carboxylic acids is 1. The fraction of sp³-hybridized carbons (Fsp3) is 0.375. The van der Waals surface area contributed by atoms with Crippen molar-refractivity contribution in [3.8, 4) is 0 Å². The van der Waals surface area contributed by atoms with Gasteiger partial charge in [-0.1, -0.05) is 32.9 Å². The molecule has 1 aromatic heterocycles. The van der Waals surface area contributed by atoms with Crippen molar-refractivity contribution in [1.29, 1.82) is 0 Å². The minimum atomic E-state index is -4.39. The Morgan fingerprint density at radius 2 is 1.74 bits per heavy atom. The van der Waals surface area contributed by atoms with E-state index in [0.29, 0.717) is 11.3 Å². The van der Waals surface area contributed by atoms with E-state index in [-0.39, 0.29) is 17.7 Å². The molecule has 0 bridgehead atoms. The summed E-state index contributed by atoms with van der Waals surface area (Å²) in [5.41, 5.74) is 0.103. The molecule has 0 radical (unpaired) electrons. The van der Waals surface area contributed by atoms with Gasteiger partial charge in [0.05, 0.1) is 17.8 Å². The van der Waals surface area contributed by atoms with Gasteiger partial charge in [-0.15, -0.1) is 0 Å². The molecule has 0 saturated carbocycles. The first-order valence-electron chi connectivity index (χ1n) is 6.96. The predicted molar refractivity (Wildman–Crippen MR) is 78.4 cm³/mol. The van der Waals surface area contributed by atoms with E-state index in [9.17, 15) is 23.1 Å². The van der Waals surface area contributed by atoms with E-state index in [4.69, 9.17) is 0 Å². The molecule has 2 aromatic rings. The highest BCUT2D eigenvalue weighted by atomic mass is 19.4. The van der Waals surface area contributed by atoms with Crippen LogP contribution in [0.15, 0.2) is 30.3 Å². The van der Waals surface area contributed by atoms with Crippen molar-refractivity contribution < 1.29 is 23.1 Å². The molecular formula is C16H17F3N2O2. The predicted octanol–water partition coefficient (Wildman–Crippen LogP) is 3.95. The van der Waals surface area contributed by atoms with Crippen molar-refractivity contribution in [3.63, 3.8) is 0 Å². The van der Waals surface area contributed by atoms with Crippen LogP contribution in [0.1, 0.15) is 48.1 Å². The number of nitrogens with zero attached hydrogens (tertiary/aromatic N) is 2. The summed E-state index contributed by atoms with van der Waals surface area (Å²) >= 11 is 0. The highest BCUT2D eigenvalue weighted by Gasteiger charge is 2.30. The molecule has 7 heteroatoms. The zero-order valence-electron chi connectivity index (χ0n) is 13.0. The first-order chi connectivity index (χ1) is 10.5. The van der Waals surface area contributed by atoms with Crippen molar-refractivity contribution in [2.24, 2.45) is 0 Å². The first-order valence-corrected chi connectivity index (χ1v) is 6.96. The molecule has 0 aliphatic carbocycles. The average Bonchev–Trinajstić information content (AvgIpc) is 2.82. The third kappa shape index (κ3) is 3.91. The maximum atomic E-state index is 12.6. The van der Waals surface area contributed by atoms with Gasteiger partial charge in [0.1, 0.15) is 5.69 Å². The normalized spacial score (nSPS) is 12.4. The number of rotatable bonds is 3. The maximum absolute atomic E-state index is 12.6. The van der Waals surface area contributed by atoms with Crippen molar-refractivity contribution in [3.05, 3.63) is 52.8 Å². The van der Waals surface area contributed by atoms with Gasteiger partial charge in [-0.2, -0.15) is 18.3 Å². The van der Waals surface area contributed by atoms with E-state index in [2.05, 4.69) is 5.10 Å². The summed E-state index contributed by atoms with van der Waals surface area (Å²) in [4.78, 5) is 11.3. The summed E-state index contributed by atoms with van der Waals surface area (Å²) in [7, 11) is 0. The monoisotopic (exact) mass is 326 g/mol. The summed E-state index contributed by atoms with van der Waals surface area (Å²) in [5, 5.41) is 13.5. The molecule has 2 rings (SSSR count). The molecule has 0 saturated heterocycles. The second-order valence-corrected chi connectivity index (χ2v) is 6.32. The van der Waals surface area contributed by atoms with Crippen molar-refractivity contribution >= 4 is 5.97 Å². The Morgan fingerprint density at radius 1 is 1.17 bits per heavy atom. The fourth-order valence-electron chi connectivity index (χ4n) is 2.05. The van der Waals surface area contributed by atoms with Gasteiger partial charge in [-0.05, 0) is 23.8 Å². The van der Waals surface area contributed by atoms with E-state index in [1.165, 1.54) is 22.9 Å². The third-order valence-electron chi connectivity index (χ3n) is 3.38. The lowest BCUT2D eigenvalue weighted by atomic mass is 9.92. The lowest BCUT2D eigenvalue weighted by Crippen LogP contribution is -2.14. The molecule has 0 spiro atoms. The Morgan fingerprint density at radius 3 is 2.17 bits per heavy atom. The molecule has 1 heterocycles. The Kier molecular flexibility index (Phi) is 4.24. The molecule has 0 unspecified atom stereocenters. The van der Waals surface area contributed by atoms with Crippen LogP contribution >= 0.6 is 0 Å². The number of aromatic nitrogens is 2. The van der Waals surface area contributed by atoms with E-state index in [1.54, 1.807) is 0 Å². The summed E-state index contributed by atoms with van der Waals surface area (Å²) < 4.78 is 39.0. The quantitative estimate of drug-likeness (QED) is 0.929. The third-order valence-corrected chi connectivity index (χ3v) is 3.38. The largest absolute Gasteiger partial charge is 0.477 e. The summed E-state index contributed by atoms with van der Waals surface area (Å²) in [6, 6.07) is 6.10. The first kappa shape index (κ1) is 17.1. The molecule has 0 aliphatic rings. The number of aromatic carboxylic acids is 1. The lowest BCUT2D eigenvalue weighted by molar-refractivity contribution is -0.137. The van der Waals surface area contributed by atoms with Gasteiger partial charge in [-0.25, -0.2) is 4.79 Å². The number of carboxylic acid groups (broad SMARTS) is 1. The second-order valence-electron chi connectivity index (χ2n) is 6.32. The summed E-state index contributed by atoms with van der Waals surface area (Å²) in [6.45, 7) is 5.81. The van der Waals surface area contributed by atoms with Gasteiger partial charge in [-0.3, -0.25) is 4.68 Å². The highest BCUT2D eigenvalue weighted by Crippen LogP contribution is 2.29. The number of halogens is 3. The van der Waals surface area contributed by atoms with Crippen LogP contribution in [0.2, 0.25) is 0 Å². The van der Waals surface area contributed by atoms with Crippen LogP contribution in [0.5, 0.6) is 0 Å². The van der Waals surface area contributed by atoms with Gasteiger partial charge in [0, 0.05) is 5.41 Å². The number of benzene rings is 1. The molecule has 0 fully saturated rings. The number of carbonyl (C=O) groups is 1. The highest BCUT2D eigenvalue weighted by molar-refractivity contribution is 5.85. The van der Waals surface area contributed by atoms with Crippen LogP contribution in [-0.2, 0) is 18.1 Å². The smallest absolute Gasteiger partial charge is 0.416 e. The van der Waals surface area contributed by atoms with Gasteiger partial charge in [0.25, 0.3) is 0 Å². The van der Waals surface area contributed by atoms with Gasteiger partial charge >= 0.3 is 12.1 Å². The van der Waals surface area contributed by atoms with Gasteiger partial charge in [0.2, 0.25) is 0 Å². The van der Waals surface area contributed by atoms with Crippen LogP contribution in [-0.4, -0.2) is 20.9 Å². The molecule has 23 heavy (non-hydrogen) atoms. The van der Waals surface area contributed by atoms with E-state index >= 15 is 0 Å². The number of hydrogen-bond donors (Lipinski definition) is 1. The zero-order chi connectivity index (χ0) is 17.4. The molecular weight excluding hydrogens is 309 g/mol. The van der Waals surface area contributed by atoms with Crippen molar-refractivity contribution in [1.82, 2.24) is 9.78 Å². The van der Waals surface area contributed by atoms with Crippen molar-refractivity contribution in [2.75, 3.05) is 0 Å². The molecule has 1 N–H and O–H groups in total. The number of alkyl halides is 3. The standard InChI is InChI=1S/C16H17F3N2O2/c1-15(2,3)13-8-12(14(22)23)21(20-13)9-10-4-6-11(7-5-10)16(17,18)19/h4-8H,9H2,1-3H3,(H,22,23). The van der Waals surface area contributed by atoms with Crippen molar-refractivity contribution in [2.45, 2.75) is 38.9 Å². The molecule has 0 aliphatic heterocycles. The maximum Gasteiger partial charge on any atom is 0.416 e. The van der Waals surface area contributed by atoms with Crippen LogP contribution < -0.4 is 0 Å². The van der Waals surface area contributed by atoms with Crippen LogP contribution in [0.25, 0.3) is 0 Å². The molecule has 1 aromatic carbocycles. The minimum Gasteiger partial charge on any atom is -0.477 e. The topological polar surface area (TPSA) is 55.1 Å². The van der Waals surface area contributed by atoms with Crippen LogP contribution in [0.4, 0.5) is 13.2 Å². The second kappa shape index (κ2) is 5.72. The summed E-state index contributed by atoms with van der Waals surface area (Å²) in [5.74, 6) is -1.13. The van der Waals surface area contributed by atoms with Gasteiger partial charge in [0.15, 0.2) is 0 Å². The Bertz CT molecular complexity index is 710. The molecule has 4 nitrogen and oxygen atoms in total. The zero-order valence-corrected chi connectivity index (χ0v) is 13.0. The minimum absolute atomic E-state index is 0.00910. The Labute approximate surface area is 131 Å². The SMILES string of the molecule is CC(C)(C)c1cc(C(=O)O)n(Cc2ccc(C(F)(F)F)cc2)n1. The lowest BCUT2D eigenvalue weighted by Gasteiger charge is -2.14. The van der Waals surface area contributed by atoms with Gasteiger partial charge < -0.3 is 5.11 Å². The van der Waals surface area contributed by atoms with E-state index in [0.717, 1.165) is 12.1 Å². The Balaban J connectivity index is 2.32. The average molecular weight is 326 g/mol. The summed E-state index contributed by atoms with van der Waals surface area (Å²) in [6.07, 6.45) is -4.39. The van der Waals surface area contributed by atoms with Crippen LogP contribution in [0.3, 0.4) is 0 Å². The Hall–Kier alpha value is -2.31. The van der Waals surface area contributed by atoms with E-state index in [1.807, 2.05) is 20.8 Å². The number of hydrogen-bond acceptors (Lipinski definition) is 2. The van der Waals surface area contributed by atoms with E-state index < -0.39 is 17.7 Å². The molecule has 124 valence electrons.